The summed E-state index contributed by atoms with van der Waals surface area (Å²) in [5.41, 5.74) is 0.832. The smallest absolute Gasteiger partial charge is 0.161 e. The molecule has 0 aliphatic carbocycles. The predicted octanol–water partition coefficient (Wildman–Crippen LogP) is 1.37. The fourth-order valence-corrected chi connectivity index (χ4v) is 2.42. The van der Waals surface area contributed by atoms with E-state index in [0.717, 1.165) is 44.0 Å². The second-order valence-corrected chi connectivity index (χ2v) is 5.58. The Bertz CT molecular complexity index is 443. The topological polar surface area (TPSA) is 45.2 Å². The van der Waals surface area contributed by atoms with Crippen LogP contribution < -0.4 is 9.47 Å². The molecular formula is C16H26N2O3. The van der Waals surface area contributed by atoms with Gasteiger partial charge in [-0.3, -0.25) is 4.90 Å². The Hall–Kier alpha value is -1.30. The van der Waals surface area contributed by atoms with E-state index in [1.165, 1.54) is 0 Å². The Labute approximate surface area is 127 Å². The van der Waals surface area contributed by atoms with Gasteiger partial charge in [0.15, 0.2) is 11.5 Å². The first-order chi connectivity index (χ1) is 10.1. The average Bonchev–Trinajstić information content (AvgIpc) is 2.49. The summed E-state index contributed by atoms with van der Waals surface area (Å²) in [7, 11) is 3.77. The zero-order valence-electron chi connectivity index (χ0n) is 13.2. The van der Waals surface area contributed by atoms with Gasteiger partial charge in [0.05, 0.1) is 13.2 Å². The molecule has 1 N–H and O–H groups in total. The van der Waals surface area contributed by atoms with Crippen molar-refractivity contribution in [3.63, 3.8) is 0 Å². The summed E-state index contributed by atoms with van der Waals surface area (Å²) in [5, 5.41) is 9.60. The number of aliphatic hydroxyl groups excluding tert-OH is 1. The Morgan fingerprint density at radius 2 is 1.90 bits per heavy atom. The first-order valence-corrected chi connectivity index (χ1v) is 7.50. The number of piperazine rings is 1. The number of hydrogen-bond donors (Lipinski definition) is 1. The third-order valence-electron chi connectivity index (χ3n) is 3.93. The Balaban J connectivity index is 1.85. The minimum absolute atomic E-state index is 0.502. The first-order valence-electron chi connectivity index (χ1n) is 7.50. The van der Waals surface area contributed by atoms with E-state index in [1.54, 1.807) is 14.0 Å². The van der Waals surface area contributed by atoms with Crippen molar-refractivity contribution >= 4 is 0 Å². The summed E-state index contributed by atoms with van der Waals surface area (Å²) in [4.78, 5) is 4.76. The summed E-state index contributed by atoms with van der Waals surface area (Å²) in [6.07, 6.45) is -0.502. The van der Waals surface area contributed by atoms with E-state index in [1.807, 2.05) is 18.2 Å². The highest BCUT2D eigenvalue weighted by atomic mass is 16.5. The van der Waals surface area contributed by atoms with Gasteiger partial charge in [-0.2, -0.15) is 0 Å². The number of nitrogens with zero attached hydrogens (tertiary/aromatic N) is 2. The van der Waals surface area contributed by atoms with Crippen molar-refractivity contribution in [2.45, 2.75) is 13.0 Å². The zero-order valence-corrected chi connectivity index (χ0v) is 13.2. The van der Waals surface area contributed by atoms with E-state index in [0.29, 0.717) is 12.4 Å². The summed E-state index contributed by atoms with van der Waals surface area (Å²) in [6.45, 7) is 7.74. The van der Waals surface area contributed by atoms with Gasteiger partial charge in [0.1, 0.15) is 6.61 Å². The van der Waals surface area contributed by atoms with Crippen molar-refractivity contribution in [1.29, 1.82) is 0 Å². The van der Waals surface area contributed by atoms with Crippen LogP contribution in [-0.2, 0) is 0 Å². The zero-order chi connectivity index (χ0) is 15.2. The second-order valence-electron chi connectivity index (χ2n) is 5.58. The quantitative estimate of drug-likeness (QED) is 0.858. The van der Waals surface area contributed by atoms with Crippen molar-refractivity contribution < 1.29 is 14.6 Å². The molecule has 0 aromatic heterocycles. The van der Waals surface area contributed by atoms with Crippen molar-refractivity contribution in [1.82, 2.24) is 9.80 Å². The lowest BCUT2D eigenvalue weighted by Crippen LogP contribution is -2.45. The molecule has 1 aliphatic rings. The molecule has 1 aromatic rings. The highest BCUT2D eigenvalue weighted by molar-refractivity contribution is 5.43. The van der Waals surface area contributed by atoms with E-state index >= 15 is 0 Å². The molecule has 1 atom stereocenters. The van der Waals surface area contributed by atoms with E-state index in [9.17, 15) is 5.11 Å². The van der Waals surface area contributed by atoms with Gasteiger partial charge in [-0.1, -0.05) is 6.07 Å². The molecule has 1 saturated heterocycles. The van der Waals surface area contributed by atoms with Crippen LogP contribution in [0.1, 0.15) is 18.6 Å². The monoisotopic (exact) mass is 294 g/mol. The van der Waals surface area contributed by atoms with Gasteiger partial charge in [0, 0.05) is 32.7 Å². The molecule has 1 fully saturated rings. The Morgan fingerprint density at radius 3 is 2.52 bits per heavy atom. The lowest BCUT2D eigenvalue weighted by Gasteiger charge is -2.32. The highest BCUT2D eigenvalue weighted by Crippen LogP contribution is 2.30. The van der Waals surface area contributed by atoms with Crippen molar-refractivity contribution in [2.75, 3.05) is 53.5 Å². The molecule has 5 heteroatoms. The summed E-state index contributed by atoms with van der Waals surface area (Å²) in [6, 6.07) is 5.57. The fraction of sp³-hybridized carbons (Fsp3) is 0.625. The summed E-state index contributed by atoms with van der Waals surface area (Å²) < 4.78 is 11.2. The van der Waals surface area contributed by atoms with Crippen LogP contribution in [0.5, 0.6) is 11.5 Å². The van der Waals surface area contributed by atoms with Gasteiger partial charge in [-0.25, -0.2) is 0 Å². The van der Waals surface area contributed by atoms with Crippen LogP contribution in [0.3, 0.4) is 0 Å². The Morgan fingerprint density at radius 1 is 1.19 bits per heavy atom. The second kappa shape index (κ2) is 7.64. The number of rotatable bonds is 6. The standard InChI is InChI=1S/C16H26N2O3/c1-13(19)14-4-5-15(16(12-14)20-3)21-11-10-18-8-6-17(2)7-9-18/h4-5,12-13,19H,6-11H2,1-3H3. The average molecular weight is 294 g/mol. The summed E-state index contributed by atoms with van der Waals surface area (Å²) >= 11 is 0. The van der Waals surface area contributed by atoms with Gasteiger partial charge in [0.2, 0.25) is 0 Å². The molecule has 0 bridgehead atoms. The van der Waals surface area contributed by atoms with E-state index < -0.39 is 6.10 Å². The number of ether oxygens (including phenoxy) is 2. The van der Waals surface area contributed by atoms with E-state index in [-0.39, 0.29) is 0 Å². The molecule has 1 unspecified atom stereocenters. The molecule has 1 aromatic carbocycles. The fourth-order valence-electron chi connectivity index (χ4n) is 2.42. The number of methoxy groups -OCH3 is 1. The number of hydrogen-bond acceptors (Lipinski definition) is 5. The minimum atomic E-state index is -0.502. The molecular weight excluding hydrogens is 268 g/mol. The van der Waals surface area contributed by atoms with Crippen LogP contribution in [0.15, 0.2) is 18.2 Å². The summed E-state index contributed by atoms with van der Waals surface area (Å²) in [5.74, 6) is 1.41. The first kappa shape index (κ1) is 16.1. The van der Waals surface area contributed by atoms with Gasteiger partial charge in [0.25, 0.3) is 0 Å². The largest absolute Gasteiger partial charge is 0.493 e. The number of benzene rings is 1. The maximum atomic E-state index is 9.60. The van der Waals surface area contributed by atoms with Crippen molar-refractivity contribution in [2.24, 2.45) is 0 Å². The van der Waals surface area contributed by atoms with Crippen LogP contribution in [-0.4, -0.2) is 68.4 Å². The predicted molar refractivity (Wildman–Crippen MR) is 83.1 cm³/mol. The lowest BCUT2D eigenvalue weighted by molar-refractivity contribution is 0.132. The van der Waals surface area contributed by atoms with Gasteiger partial charge >= 0.3 is 0 Å². The van der Waals surface area contributed by atoms with Crippen LogP contribution in [0.25, 0.3) is 0 Å². The van der Waals surface area contributed by atoms with E-state index in [4.69, 9.17) is 9.47 Å². The normalized spacial score (nSPS) is 18.5. The van der Waals surface area contributed by atoms with Crippen LogP contribution >= 0.6 is 0 Å². The lowest BCUT2D eigenvalue weighted by atomic mass is 10.1. The number of likely N-dealkylation sites (N-methyl/N-ethyl adjacent to an activating group) is 1. The molecule has 0 radical (unpaired) electrons. The molecule has 118 valence electrons. The molecule has 0 saturated carbocycles. The maximum Gasteiger partial charge on any atom is 0.161 e. The van der Waals surface area contributed by atoms with Crippen molar-refractivity contribution in [3.8, 4) is 11.5 Å². The molecule has 2 rings (SSSR count). The van der Waals surface area contributed by atoms with Crippen LogP contribution in [0, 0.1) is 0 Å². The van der Waals surface area contributed by atoms with Gasteiger partial charge in [-0.15, -0.1) is 0 Å². The molecule has 0 spiro atoms. The van der Waals surface area contributed by atoms with Gasteiger partial charge in [-0.05, 0) is 31.7 Å². The van der Waals surface area contributed by atoms with E-state index in [2.05, 4.69) is 16.8 Å². The Kier molecular flexibility index (Phi) is 5.85. The van der Waals surface area contributed by atoms with Gasteiger partial charge < -0.3 is 19.5 Å². The molecule has 0 amide bonds. The highest BCUT2D eigenvalue weighted by Gasteiger charge is 2.14. The molecule has 1 heterocycles. The SMILES string of the molecule is COc1cc(C(C)O)ccc1OCCN1CCN(C)CC1. The van der Waals surface area contributed by atoms with Crippen LogP contribution in [0.2, 0.25) is 0 Å². The van der Waals surface area contributed by atoms with Crippen molar-refractivity contribution in [3.05, 3.63) is 23.8 Å². The molecule has 1 aliphatic heterocycles. The molecule has 21 heavy (non-hydrogen) atoms. The minimum Gasteiger partial charge on any atom is -0.493 e. The number of aliphatic hydroxyl groups is 1. The third-order valence-corrected chi connectivity index (χ3v) is 3.93. The molecule has 5 nitrogen and oxygen atoms in total. The third kappa shape index (κ3) is 4.59. The van der Waals surface area contributed by atoms with Crippen LogP contribution in [0.4, 0.5) is 0 Å². The maximum absolute atomic E-state index is 9.60.